The van der Waals surface area contributed by atoms with Crippen LogP contribution >= 0.6 is 0 Å². The first kappa shape index (κ1) is 21.1. The van der Waals surface area contributed by atoms with E-state index in [4.69, 9.17) is 4.74 Å². The summed E-state index contributed by atoms with van der Waals surface area (Å²) in [5, 5.41) is 0. The van der Waals surface area contributed by atoms with Gasteiger partial charge in [-0.15, -0.1) is 0 Å². The van der Waals surface area contributed by atoms with Crippen LogP contribution in [0, 0.1) is 5.92 Å². The maximum absolute atomic E-state index is 5.92. The van der Waals surface area contributed by atoms with Crippen molar-refractivity contribution in [3.05, 3.63) is 41.5 Å². The van der Waals surface area contributed by atoms with Gasteiger partial charge in [-0.25, -0.2) is 0 Å². The number of allylic oxidation sites excluding steroid dienone is 2. The summed E-state index contributed by atoms with van der Waals surface area (Å²) in [5.41, 5.74) is 3.22. The molecule has 0 heterocycles. The molecule has 26 heavy (non-hydrogen) atoms. The van der Waals surface area contributed by atoms with E-state index in [-0.39, 0.29) is 0 Å². The van der Waals surface area contributed by atoms with E-state index in [0.29, 0.717) is 5.92 Å². The molecule has 2 unspecified atom stereocenters. The Labute approximate surface area is 162 Å². The molecule has 0 aromatic heterocycles. The van der Waals surface area contributed by atoms with Crippen molar-refractivity contribution in [3.8, 4) is 5.75 Å². The van der Waals surface area contributed by atoms with Gasteiger partial charge in [0.05, 0.1) is 6.61 Å². The molecule has 0 saturated heterocycles. The van der Waals surface area contributed by atoms with Crippen molar-refractivity contribution in [2.24, 2.45) is 5.92 Å². The molecule has 0 radical (unpaired) electrons. The highest BCUT2D eigenvalue weighted by Gasteiger charge is 2.23. The molecule has 1 aromatic carbocycles. The van der Waals surface area contributed by atoms with Gasteiger partial charge in [-0.1, -0.05) is 76.7 Å². The van der Waals surface area contributed by atoms with Gasteiger partial charge in [-0.05, 0) is 68.1 Å². The molecular weight excluding hydrogens is 316 g/mol. The van der Waals surface area contributed by atoms with Crippen LogP contribution in [0.1, 0.15) is 103 Å². The molecule has 0 aliphatic heterocycles. The van der Waals surface area contributed by atoms with Gasteiger partial charge < -0.3 is 4.74 Å². The van der Waals surface area contributed by atoms with Crippen LogP contribution in [-0.4, -0.2) is 6.61 Å². The summed E-state index contributed by atoms with van der Waals surface area (Å²) in [6, 6.07) is 9.06. The summed E-state index contributed by atoms with van der Waals surface area (Å²) in [4.78, 5) is 0. The molecule has 146 valence electrons. The Hall–Kier alpha value is -1.24. The molecule has 0 N–H and O–H groups in total. The standard InChI is InChI=1S/C25H40O/c1-4-7-11-19-26-24-17-15-23(16-18-24)25(22(6-3)12-5-2)20-21-13-9-8-10-14-21/h13,15-18,22,25H,4-12,14,19-20H2,1-3H3. The lowest BCUT2D eigenvalue weighted by Crippen LogP contribution is -2.14. The van der Waals surface area contributed by atoms with Crippen LogP contribution in [0.3, 0.4) is 0 Å². The lowest BCUT2D eigenvalue weighted by molar-refractivity contribution is 0.306. The lowest BCUT2D eigenvalue weighted by atomic mass is 9.76. The van der Waals surface area contributed by atoms with E-state index in [0.717, 1.165) is 24.7 Å². The Kier molecular flexibility index (Phi) is 9.89. The zero-order valence-electron chi connectivity index (χ0n) is 17.4. The van der Waals surface area contributed by atoms with Crippen molar-refractivity contribution in [2.75, 3.05) is 6.61 Å². The molecule has 1 aliphatic carbocycles. The average Bonchev–Trinajstić information content (AvgIpc) is 2.69. The summed E-state index contributed by atoms with van der Waals surface area (Å²) in [7, 11) is 0. The Bertz CT molecular complexity index is 513. The molecule has 1 aliphatic rings. The zero-order chi connectivity index (χ0) is 18.6. The fourth-order valence-corrected chi connectivity index (χ4v) is 4.34. The first-order valence-electron chi connectivity index (χ1n) is 11.2. The number of hydrogen-bond donors (Lipinski definition) is 0. The van der Waals surface area contributed by atoms with Crippen molar-refractivity contribution in [3.63, 3.8) is 0 Å². The van der Waals surface area contributed by atoms with E-state index < -0.39 is 0 Å². The molecule has 0 amide bonds. The maximum Gasteiger partial charge on any atom is 0.119 e. The van der Waals surface area contributed by atoms with Crippen molar-refractivity contribution >= 4 is 0 Å². The number of unbranched alkanes of at least 4 members (excludes halogenated alkanes) is 2. The largest absolute Gasteiger partial charge is 0.494 e. The van der Waals surface area contributed by atoms with E-state index in [1.165, 1.54) is 69.8 Å². The van der Waals surface area contributed by atoms with E-state index in [9.17, 15) is 0 Å². The topological polar surface area (TPSA) is 9.23 Å². The Morgan fingerprint density at radius 3 is 2.38 bits per heavy atom. The highest BCUT2D eigenvalue weighted by molar-refractivity contribution is 5.31. The van der Waals surface area contributed by atoms with Crippen LogP contribution in [0.15, 0.2) is 35.9 Å². The second-order valence-electron chi connectivity index (χ2n) is 8.00. The van der Waals surface area contributed by atoms with Gasteiger partial charge in [0.25, 0.3) is 0 Å². The molecule has 1 heteroatoms. The van der Waals surface area contributed by atoms with Gasteiger partial charge in [-0.2, -0.15) is 0 Å². The minimum atomic E-state index is 0.665. The molecule has 2 atom stereocenters. The van der Waals surface area contributed by atoms with Crippen LogP contribution in [0.2, 0.25) is 0 Å². The third kappa shape index (κ3) is 6.82. The van der Waals surface area contributed by atoms with Crippen LogP contribution in [0.5, 0.6) is 5.75 Å². The molecule has 1 nitrogen and oxygen atoms in total. The van der Waals surface area contributed by atoms with Crippen molar-refractivity contribution in [2.45, 2.75) is 97.3 Å². The van der Waals surface area contributed by atoms with Crippen LogP contribution in [0.25, 0.3) is 0 Å². The number of rotatable bonds is 12. The quantitative estimate of drug-likeness (QED) is 0.272. The summed E-state index contributed by atoms with van der Waals surface area (Å²) in [6.45, 7) is 7.77. The SMILES string of the molecule is CCCCCOc1ccc(C(CC2=CCCCC2)C(CC)CCC)cc1. The second kappa shape index (κ2) is 12.2. The lowest BCUT2D eigenvalue weighted by Gasteiger charge is -2.29. The summed E-state index contributed by atoms with van der Waals surface area (Å²) < 4.78 is 5.92. The zero-order valence-corrected chi connectivity index (χ0v) is 17.4. The molecule has 0 bridgehead atoms. The monoisotopic (exact) mass is 356 g/mol. The van der Waals surface area contributed by atoms with Crippen LogP contribution in [-0.2, 0) is 0 Å². The summed E-state index contributed by atoms with van der Waals surface area (Å²) >= 11 is 0. The van der Waals surface area contributed by atoms with Crippen LogP contribution < -0.4 is 4.74 Å². The van der Waals surface area contributed by atoms with E-state index >= 15 is 0 Å². The highest BCUT2D eigenvalue weighted by Crippen LogP contribution is 2.38. The highest BCUT2D eigenvalue weighted by atomic mass is 16.5. The fraction of sp³-hybridized carbons (Fsp3) is 0.680. The van der Waals surface area contributed by atoms with E-state index in [1.807, 2.05) is 0 Å². The van der Waals surface area contributed by atoms with E-state index in [2.05, 4.69) is 51.1 Å². The second-order valence-corrected chi connectivity index (χ2v) is 8.00. The Morgan fingerprint density at radius 1 is 0.962 bits per heavy atom. The van der Waals surface area contributed by atoms with Crippen LogP contribution in [0.4, 0.5) is 0 Å². The first-order valence-corrected chi connectivity index (χ1v) is 11.2. The number of benzene rings is 1. The normalized spacial score (nSPS) is 16.8. The first-order chi connectivity index (χ1) is 12.8. The third-order valence-electron chi connectivity index (χ3n) is 5.94. The molecule has 0 spiro atoms. The van der Waals surface area contributed by atoms with Gasteiger partial charge in [-0.3, -0.25) is 0 Å². The van der Waals surface area contributed by atoms with E-state index in [1.54, 1.807) is 5.57 Å². The molecular formula is C25H40O. The molecule has 0 fully saturated rings. The van der Waals surface area contributed by atoms with Crippen molar-refractivity contribution in [1.82, 2.24) is 0 Å². The fourth-order valence-electron chi connectivity index (χ4n) is 4.34. The molecule has 1 aromatic rings. The van der Waals surface area contributed by atoms with Crippen molar-refractivity contribution < 1.29 is 4.74 Å². The van der Waals surface area contributed by atoms with Gasteiger partial charge in [0, 0.05) is 0 Å². The predicted molar refractivity (Wildman–Crippen MR) is 114 cm³/mol. The predicted octanol–water partition coefficient (Wildman–Crippen LogP) is 8.06. The third-order valence-corrected chi connectivity index (χ3v) is 5.94. The van der Waals surface area contributed by atoms with Gasteiger partial charge in [0.1, 0.15) is 5.75 Å². The smallest absolute Gasteiger partial charge is 0.119 e. The minimum absolute atomic E-state index is 0.665. The summed E-state index contributed by atoms with van der Waals surface area (Å²) in [6.07, 6.45) is 16.7. The number of ether oxygens (including phenoxy) is 1. The average molecular weight is 357 g/mol. The van der Waals surface area contributed by atoms with Gasteiger partial charge in [0.2, 0.25) is 0 Å². The number of hydrogen-bond acceptors (Lipinski definition) is 1. The Morgan fingerprint density at radius 2 is 1.77 bits per heavy atom. The summed E-state index contributed by atoms with van der Waals surface area (Å²) in [5.74, 6) is 2.49. The maximum atomic E-state index is 5.92. The minimum Gasteiger partial charge on any atom is -0.494 e. The molecule has 0 saturated carbocycles. The van der Waals surface area contributed by atoms with Gasteiger partial charge >= 0.3 is 0 Å². The van der Waals surface area contributed by atoms with Crippen molar-refractivity contribution in [1.29, 1.82) is 0 Å². The van der Waals surface area contributed by atoms with Gasteiger partial charge in [0.15, 0.2) is 0 Å². The molecule has 2 rings (SSSR count). The Balaban J connectivity index is 2.06.